The minimum atomic E-state index is -0.217. The lowest BCUT2D eigenvalue weighted by atomic mass is 9.62. The highest BCUT2D eigenvalue weighted by Crippen LogP contribution is 2.56. The third-order valence-corrected chi connectivity index (χ3v) is 5.07. The summed E-state index contributed by atoms with van der Waals surface area (Å²) in [5.74, 6) is -0.139. The number of esters is 1. The maximum atomic E-state index is 12.2. The molecule has 3 saturated carbocycles. The van der Waals surface area contributed by atoms with Crippen molar-refractivity contribution < 1.29 is 19.1 Å². The van der Waals surface area contributed by atoms with E-state index in [1.54, 1.807) is 7.11 Å². The number of rotatable bonds is 4. The summed E-state index contributed by atoms with van der Waals surface area (Å²) < 4.78 is 10.7. The standard InChI is InChI=1S/C14H20O4/c1-17-14(5-6-14)9-18-12(16)11-7-10(15)8-13(11)3-2-4-13/h11H,2-9H2,1H3. The van der Waals surface area contributed by atoms with Crippen LogP contribution in [0.25, 0.3) is 0 Å². The Labute approximate surface area is 107 Å². The molecule has 1 spiro atoms. The molecule has 0 radical (unpaired) electrons. The Morgan fingerprint density at radius 3 is 2.56 bits per heavy atom. The Bertz CT molecular complexity index is 379. The lowest BCUT2D eigenvalue weighted by Gasteiger charge is -2.41. The van der Waals surface area contributed by atoms with Gasteiger partial charge in [0.15, 0.2) is 0 Å². The van der Waals surface area contributed by atoms with Gasteiger partial charge in [-0.15, -0.1) is 0 Å². The molecule has 3 fully saturated rings. The molecule has 3 rings (SSSR count). The number of hydrogen-bond acceptors (Lipinski definition) is 4. The summed E-state index contributed by atoms with van der Waals surface area (Å²) in [7, 11) is 1.66. The first-order valence-corrected chi connectivity index (χ1v) is 6.83. The van der Waals surface area contributed by atoms with E-state index in [1.165, 1.54) is 0 Å². The molecule has 0 aromatic heterocycles. The summed E-state index contributed by atoms with van der Waals surface area (Å²) in [6, 6.07) is 0. The molecule has 0 saturated heterocycles. The number of carbonyl (C=O) groups excluding carboxylic acids is 2. The van der Waals surface area contributed by atoms with Crippen LogP contribution in [0.3, 0.4) is 0 Å². The quantitative estimate of drug-likeness (QED) is 0.717. The van der Waals surface area contributed by atoms with E-state index in [2.05, 4.69) is 0 Å². The molecule has 4 nitrogen and oxygen atoms in total. The van der Waals surface area contributed by atoms with E-state index in [0.29, 0.717) is 19.4 Å². The molecular formula is C14H20O4. The Morgan fingerprint density at radius 2 is 2.06 bits per heavy atom. The fourth-order valence-electron chi connectivity index (χ4n) is 3.37. The topological polar surface area (TPSA) is 52.6 Å². The first-order valence-electron chi connectivity index (χ1n) is 6.83. The summed E-state index contributed by atoms with van der Waals surface area (Å²) in [5.41, 5.74) is -0.261. The fourth-order valence-corrected chi connectivity index (χ4v) is 3.37. The lowest BCUT2D eigenvalue weighted by molar-refractivity contribution is -0.159. The van der Waals surface area contributed by atoms with Gasteiger partial charge in [0.05, 0.1) is 5.92 Å². The predicted octanol–water partition coefficient (Wildman–Crippen LogP) is 1.86. The van der Waals surface area contributed by atoms with Gasteiger partial charge in [-0.3, -0.25) is 9.59 Å². The molecule has 1 unspecified atom stereocenters. The van der Waals surface area contributed by atoms with Crippen LogP contribution in [-0.4, -0.2) is 31.1 Å². The average Bonchev–Trinajstić information content (AvgIpc) is 3.01. The smallest absolute Gasteiger partial charge is 0.310 e. The van der Waals surface area contributed by atoms with E-state index in [1.807, 2.05) is 0 Å². The van der Waals surface area contributed by atoms with E-state index < -0.39 is 0 Å². The van der Waals surface area contributed by atoms with Crippen molar-refractivity contribution in [1.29, 1.82) is 0 Å². The highest BCUT2D eigenvalue weighted by molar-refractivity contribution is 5.89. The van der Waals surface area contributed by atoms with Gasteiger partial charge in [-0.2, -0.15) is 0 Å². The van der Waals surface area contributed by atoms with Crippen molar-refractivity contribution in [2.75, 3.05) is 13.7 Å². The number of ketones is 1. The molecule has 3 aliphatic rings. The van der Waals surface area contributed by atoms with E-state index in [4.69, 9.17) is 9.47 Å². The van der Waals surface area contributed by atoms with Crippen molar-refractivity contribution in [3.63, 3.8) is 0 Å². The number of Topliss-reactive ketones (excluding diaryl/α,β-unsaturated/α-hetero) is 1. The Balaban J connectivity index is 1.60. The van der Waals surface area contributed by atoms with Gasteiger partial charge in [-0.1, -0.05) is 6.42 Å². The number of hydrogen-bond donors (Lipinski definition) is 0. The van der Waals surface area contributed by atoms with Gasteiger partial charge >= 0.3 is 5.97 Å². The molecule has 3 aliphatic carbocycles. The highest BCUT2D eigenvalue weighted by Gasteiger charge is 2.55. The van der Waals surface area contributed by atoms with E-state index in [9.17, 15) is 9.59 Å². The molecular weight excluding hydrogens is 232 g/mol. The van der Waals surface area contributed by atoms with Crippen molar-refractivity contribution in [2.24, 2.45) is 11.3 Å². The summed E-state index contributed by atoms with van der Waals surface area (Å²) in [4.78, 5) is 23.8. The molecule has 100 valence electrons. The monoisotopic (exact) mass is 252 g/mol. The largest absolute Gasteiger partial charge is 0.462 e. The van der Waals surface area contributed by atoms with Gasteiger partial charge in [0, 0.05) is 20.0 Å². The zero-order valence-corrected chi connectivity index (χ0v) is 10.9. The van der Waals surface area contributed by atoms with Crippen molar-refractivity contribution in [3.8, 4) is 0 Å². The molecule has 0 bridgehead atoms. The zero-order chi connectivity index (χ0) is 12.8. The van der Waals surface area contributed by atoms with Gasteiger partial charge < -0.3 is 9.47 Å². The van der Waals surface area contributed by atoms with Crippen LogP contribution in [0.1, 0.15) is 44.9 Å². The molecule has 0 amide bonds. The number of ether oxygens (including phenoxy) is 2. The minimum Gasteiger partial charge on any atom is -0.462 e. The summed E-state index contributed by atoms with van der Waals surface area (Å²) in [6.07, 6.45) is 6.05. The molecule has 4 heteroatoms. The van der Waals surface area contributed by atoms with Gasteiger partial charge in [0.1, 0.15) is 18.0 Å². The fraction of sp³-hybridized carbons (Fsp3) is 0.857. The maximum Gasteiger partial charge on any atom is 0.310 e. The normalized spacial score (nSPS) is 31.2. The lowest BCUT2D eigenvalue weighted by Crippen LogP contribution is -2.39. The maximum absolute atomic E-state index is 12.2. The van der Waals surface area contributed by atoms with Crippen molar-refractivity contribution >= 4 is 11.8 Å². The second kappa shape index (κ2) is 4.05. The summed E-state index contributed by atoms with van der Waals surface area (Å²) >= 11 is 0. The zero-order valence-electron chi connectivity index (χ0n) is 10.9. The van der Waals surface area contributed by atoms with Gasteiger partial charge in [-0.05, 0) is 31.1 Å². The Morgan fingerprint density at radius 1 is 1.33 bits per heavy atom. The second-order valence-corrected chi connectivity index (χ2v) is 6.18. The van der Waals surface area contributed by atoms with Crippen molar-refractivity contribution in [3.05, 3.63) is 0 Å². The summed E-state index contributed by atoms with van der Waals surface area (Å²) in [6.45, 7) is 0.350. The average molecular weight is 252 g/mol. The van der Waals surface area contributed by atoms with Crippen LogP contribution in [0.5, 0.6) is 0 Å². The number of methoxy groups -OCH3 is 1. The second-order valence-electron chi connectivity index (χ2n) is 6.18. The van der Waals surface area contributed by atoms with Gasteiger partial charge in [-0.25, -0.2) is 0 Å². The SMILES string of the molecule is COC1(COC(=O)C2CC(=O)CC23CCC3)CC1. The number of carbonyl (C=O) groups is 2. The van der Waals surface area contributed by atoms with Crippen LogP contribution in [0, 0.1) is 11.3 Å². The van der Waals surface area contributed by atoms with E-state index in [-0.39, 0.29) is 28.7 Å². The molecule has 0 heterocycles. The van der Waals surface area contributed by atoms with Crippen LogP contribution < -0.4 is 0 Å². The molecule has 0 aromatic rings. The van der Waals surface area contributed by atoms with Crippen molar-refractivity contribution in [1.82, 2.24) is 0 Å². The molecule has 0 aliphatic heterocycles. The third kappa shape index (κ3) is 1.87. The van der Waals surface area contributed by atoms with Crippen LogP contribution in [0.2, 0.25) is 0 Å². The van der Waals surface area contributed by atoms with Crippen molar-refractivity contribution in [2.45, 2.75) is 50.5 Å². The predicted molar refractivity (Wildman–Crippen MR) is 63.9 cm³/mol. The first-order chi connectivity index (χ1) is 8.59. The Hall–Kier alpha value is -0.900. The molecule has 0 aromatic carbocycles. The molecule has 18 heavy (non-hydrogen) atoms. The van der Waals surface area contributed by atoms with E-state index >= 15 is 0 Å². The Kier molecular flexibility index (Phi) is 2.73. The van der Waals surface area contributed by atoms with Crippen LogP contribution in [0.4, 0.5) is 0 Å². The van der Waals surface area contributed by atoms with Gasteiger partial charge in [0.25, 0.3) is 0 Å². The summed E-state index contributed by atoms with van der Waals surface area (Å²) in [5, 5.41) is 0. The first kappa shape index (κ1) is 12.2. The molecule has 0 N–H and O–H groups in total. The van der Waals surface area contributed by atoms with Gasteiger partial charge in [0.2, 0.25) is 0 Å². The third-order valence-electron chi connectivity index (χ3n) is 5.07. The minimum absolute atomic E-state index is 0.0437. The molecule has 1 atom stereocenters. The van der Waals surface area contributed by atoms with Crippen LogP contribution >= 0.6 is 0 Å². The van der Waals surface area contributed by atoms with Crippen LogP contribution in [-0.2, 0) is 19.1 Å². The van der Waals surface area contributed by atoms with E-state index in [0.717, 1.165) is 32.1 Å². The van der Waals surface area contributed by atoms with Crippen LogP contribution in [0.15, 0.2) is 0 Å². The highest BCUT2D eigenvalue weighted by atomic mass is 16.6.